The molecule has 1 fully saturated rings. The van der Waals surface area contributed by atoms with Crippen molar-refractivity contribution in [1.29, 1.82) is 0 Å². The molecule has 0 aliphatic carbocycles. The number of carbonyl (C=O) groups excluding carboxylic acids is 2. The number of carbonyl (C=O) groups is 2. The zero-order valence-corrected chi connectivity index (χ0v) is 15.4. The zero-order chi connectivity index (χ0) is 19.3. The van der Waals surface area contributed by atoms with E-state index < -0.39 is 21.7 Å². The number of hydrogen-bond donors (Lipinski definition) is 2. The van der Waals surface area contributed by atoms with Gasteiger partial charge < -0.3 is 4.74 Å². The first-order chi connectivity index (χ1) is 12.9. The molecule has 1 aliphatic heterocycles. The molecule has 2 amide bonds. The molecule has 0 aromatic heterocycles. The predicted molar refractivity (Wildman–Crippen MR) is 99.9 cm³/mol. The van der Waals surface area contributed by atoms with Gasteiger partial charge in [-0.15, -0.1) is 0 Å². The molecule has 1 atom stereocenters. The molecule has 7 nitrogen and oxygen atoms in total. The number of amides is 2. The van der Waals surface area contributed by atoms with Crippen LogP contribution in [0, 0.1) is 5.92 Å². The quantitative estimate of drug-likeness (QED) is 0.764. The number of para-hydroxylation sites is 1. The molecule has 27 heavy (non-hydrogen) atoms. The molecule has 1 aliphatic rings. The van der Waals surface area contributed by atoms with Gasteiger partial charge in [0.25, 0.3) is 5.91 Å². The lowest BCUT2D eigenvalue weighted by molar-refractivity contribution is -0.122. The highest BCUT2D eigenvalue weighted by molar-refractivity contribution is 7.91. The largest absolute Gasteiger partial charge is 0.457 e. The SMILES string of the molecule is O=C(C[C@@H]1CCS(=O)(=O)C1)NNC(=O)c1cccc(Oc2ccccc2)c1. The summed E-state index contributed by atoms with van der Waals surface area (Å²) in [5.41, 5.74) is 5.00. The Morgan fingerprint density at radius 2 is 1.74 bits per heavy atom. The van der Waals surface area contributed by atoms with Gasteiger partial charge in [-0.2, -0.15) is 0 Å². The van der Waals surface area contributed by atoms with Gasteiger partial charge in [0.2, 0.25) is 5.91 Å². The lowest BCUT2D eigenvalue weighted by Gasteiger charge is -2.11. The van der Waals surface area contributed by atoms with Gasteiger partial charge in [-0.3, -0.25) is 20.4 Å². The summed E-state index contributed by atoms with van der Waals surface area (Å²) in [5, 5.41) is 0. The third-order valence-electron chi connectivity index (χ3n) is 4.19. The third-order valence-corrected chi connectivity index (χ3v) is 6.03. The molecule has 8 heteroatoms. The summed E-state index contributed by atoms with van der Waals surface area (Å²) < 4.78 is 28.5. The minimum absolute atomic E-state index is 0.0211. The number of rotatable bonds is 5. The Labute approximate surface area is 157 Å². The molecule has 2 N–H and O–H groups in total. The number of nitrogens with one attached hydrogen (secondary N) is 2. The Bertz CT molecular complexity index is 928. The van der Waals surface area contributed by atoms with Gasteiger partial charge in [-0.05, 0) is 42.7 Å². The van der Waals surface area contributed by atoms with Gasteiger partial charge in [-0.1, -0.05) is 24.3 Å². The number of ether oxygens (including phenoxy) is 1. The van der Waals surface area contributed by atoms with Gasteiger partial charge in [-0.25, -0.2) is 8.42 Å². The van der Waals surface area contributed by atoms with E-state index in [1.54, 1.807) is 36.4 Å². The molecule has 0 bridgehead atoms. The van der Waals surface area contributed by atoms with Crippen molar-refractivity contribution in [2.24, 2.45) is 5.92 Å². The summed E-state index contributed by atoms with van der Waals surface area (Å²) in [6.07, 6.45) is 0.541. The highest BCUT2D eigenvalue weighted by Crippen LogP contribution is 2.22. The number of sulfone groups is 1. The van der Waals surface area contributed by atoms with Crippen LogP contribution in [0.15, 0.2) is 54.6 Å². The standard InChI is InChI=1S/C19H20N2O5S/c22-18(11-14-9-10-27(24,25)13-14)20-21-19(23)15-5-4-8-17(12-15)26-16-6-2-1-3-7-16/h1-8,12,14H,9-11,13H2,(H,20,22)(H,21,23)/t14-/m0/s1. The third kappa shape index (κ3) is 5.55. The Balaban J connectivity index is 1.52. The molecule has 0 unspecified atom stereocenters. The van der Waals surface area contributed by atoms with Crippen LogP contribution in [0.2, 0.25) is 0 Å². The maximum atomic E-state index is 12.2. The van der Waals surface area contributed by atoms with Crippen molar-refractivity contribution in [2.75, 3.05) is 11.5 Å². The van der Waals surface area contributed by atoms with Gasteiger partial charge in [0.05, 0.1) is 11.5 Å². The zero-order valence-electron chi connectivity index (χ0n) is 14.6. The van der Waals surface area contributed by atoms with E-state index in [9.17, 15) is 18.0 Å². The normalized spacial score (nSPS) is 17.9. The van der Waals surface area contributed by atoms with Crippen molar-refractivity contribution < 1.29 is 22.7 Å². The van der Waals surface area contributed by atoms with Crippen molar-refractivity contribution in [3.05, 3.63) is 60.2 Å². The monoisotopic (exact) mass is 388 g/mol. The van der Waals surface area contributed by atoms with Crippen LogP contribution in [0.25, 0.3) is 0 Å². The number of hydrazine groups is 1. The summed E-state index contributed by atoms with van der Waals surface area (Å²) in [7, 11) is -3.03. The van der Waals surface area contributed by atoms with Crippen molar-refractivity contribution in [3.8, 4) is 11.5 Å². The maximum absolute atomic E-state index is 12.2. The van der Waals surface area contributed by atoms with Crippen LogP contribution in [0.5, 0.6) is 11.5 Å². The number of benzene rings is 2. The first-order valence-corrected chi connectivity index (χ1v) is 10.4. The molecule has 142 valence electrons. The second-order valence-electron chi connectivity index (χ2n) is 6.42. The molecule has 0 radical (unpaired) electrons. The van der Waals surface area contributed by atoms with Crippen molar-refractivity contribution in [2.45, 2.75) is 12.8 Å². The van der Waals surface area contributed by atoms with Crippen molar-refractivity contribution in [1.82, 2.24) is 10.9 Å². The van der Waals surface area contributed by atoms with E-state index in [2.05, 4.69) is 10.9 Å². The minimum atomic E-state index is -3.03. The van der Waals surface area contributed by atoms with E-state index in [1.807, 2.05) is 18.2 Å². The second-order valence-corrected chi connectivity index (χ2v) is 8.65. The Hall–Kier alpha value is -2.87. The molecule has 1 heterocycles. The Kier molecular flexibility index (Phi) is 5.75. The summed E-state index contributed by atoms with van der Waals surface area (Å²) in [6, 6.07) is 15.7. The molecule has 1 saturated heterocycles. The van der Waals surface area contributed by atoms with Crippen LogP contribution >= 0.6 is 0 Å². The average Bonchev–Trinajstić information content (AvgIpc) is 2.99. The molecular weight excluding hydrogens is 368 g/mol. The molecule has 3 rings (SSSR count). The summed E-state index contributed by atoms with van der Waals surface area (Å²) in [5.74, 6) is 0.183. The van der Waals surface area contributed by atoms with Crippen molar-refractivity contribution in [3.63, 3.8) is 0 Å². The first-order valence-electron chi connectivity index (χ1n) is 8.54. The van der Waals surface area contributed by atoms with Crippen LogP contribution in [0.1, 0.15) is 23.2 Å². The molecule has 0 saturated carbocycles. The fourth-order valence-corrected chi connectivity index (χ4v) is 4.73. The van der Waals surface area contributed by atoms with Gasteiger partial charge >= 0.3 is 0 Å². The fraction of sp³-hybridized carbons (Fsp3) is 0.263. The van der Waals surface area contributed by atoms with Crippen LogP contribution in [0.3, 0.4) is 0 Å². The first kappa shape index (κ1) is 18.9. The highest BCUT2D eigenvalue weighted by atomic mass is 32.2. The summed E-state index contributed by atoms with van der Waals surface area (Å²) in [4.78, 5) is 24.1. The van der Waals surface area contributed by atoms with E-state index in [0.29, 0.717) is 23.5 Å². The molecule has 0 spiro atoms. The molecule has 2 aromatic rings. The second kappa shape index (κ2) is 8.22. The summed E-state index contributed by atoms with van der Waals surface area (Å²) >= 11 is 0. The average molecular weight is 388 g/mol. The van der Waals surface area contributed by atoms with E-state index in [4.69, 9.17) is 4.74 Å². The molecular formula is C19H20N2O5S. The van der Waals surface area contributed by atoms with E-state index >= 15 is 0 Å². The van der Waals surface area contributed by atoms with E-state index in [-0.39, 0.29) is 23.8 Å². The Morgan fingerprint density at radius 1 is 1.00 bits per heavy atom. The molecule has 2 aromatic carbocycles. The maximum Gasteiger partial charge on any atom is 0.269 e. The fourth-order valence-electron chi connectivity index (χ4n) is 2.87. The van der Waals surface area contributed by atoms with Crippen LogP contribution < -0.4 is 15.6 Å². The topological polar surface area (TPSA) is 102 Å². The predicted octanol–water partition coefficient (Wildman–Crippen LogP) is 2.06. The van der Waals surface area contributed by atoms with Gasteiger partial charge in [0, 0.05) is 12.0 Å². The van der Waals surface area contributed by atoms with Crippen LogP contribution in [0.4, 0.5) is 0 Å². The van der Waals surface area contributed by atoms with E-state index in [1.165, 1.54) is 0 Å². The van der Waals surface area contributed by atoms with Gasteiger partial charge in [0.1, 0.15) is 11.5 Å². The minimum Gasteiger partial charge on any atom is -0.457 e. The highest BCUT2D eigenvalue weighted by Gasteiger charge is 2.29. The smallest absolute Gasteiger partial charge is 0.269 e. The van der Waals surface area contributed by atoms with E-state index in [0.717, 1.165) is 0 Å². The van der Waals surface area contributed by atoms with Crippen LogP contribution in [-0.2, 0) is 14.6 Å². The lowest BCUT2D eigenvalue weighted by atomic mass is 10.1. The Morgan fingerprint density at radius 3 is 2.44 bits per heavy atom. The lowest BCUT2D eigenvalue weighted by Crippen LogP contribution is -2.42. The van der Waals surface area contributed by atoms with Gasteiger partial charge in [0.15, 0.2) is 9.84 Å². The summed E-state index contributed by atoms with van der Waals surface area (Å²) in [6.45, 7) is 0. The van der Waals surface area contributed by atoms with Crippen LogP contribution in [-0.4, -0.2) is 31.7 Å². The van der Waals surface area contributed by atoms with Crippen molar-refractivity contribution >= 4 is 21.7 Å². The number of hydrogen-bond acceptors (Lipinski definition) is 5.